The van der Waals surface area contributed by atoms with E-state index < -0.39 is 20.3 Å². The molecule has 30 heavy (non-hydrogen) atoms. The summed E-state index contributed by atoms with van der Waals surface area (Å²) in [5.74, 6) is -0.448. The lowest BCUT2D eigenvalue weighted by Crippen LogP contribution is -2.41. The molecule has 1 atom stereocenters. The molecular formula is C22H37N3O4Si. The molecule has 4 N–H and O–H groups in total. The van der Waals surface area contributed by atoms with E-state index in [1.807, 2.05) is 6.07 Å². The van der Waals surface area contributed by atoms with Crippen LogP contribution in [0.2, 0.25) is 18.1 Å². The summed E-state index contributed by atoms with van der Waals surface area (Å²) in [5, 5.41) is 11.5. The maximum absolute atomic E-state index is 12.2. The van der Waals surface area contributed by atoms with Crippen LogP contribution in [0.15, 0.2) is 12.1 Å². The van der Waals surface area contributed by atoms with Crippen LogP contribution < -0.4 is 16.0 Å². The molecule has 1 aromatic carbocycles. The number of amides is 2. The van der Waals surface area contributed by atoms with Gasteiger partial charge >= 0.3 is 6.09 Å². The molecular weight excluding hydrogens is 398 g/mol. The molecule has 0 fully saturated rings. The van der Waals surface area contributed by atoms with Gasteiger partial charge in [-0.05, 0) is 61.5 Å². The average Bonchev–Trinajstić information content (AvgIpc) is 2.99. The highest BCUT2D eigenvalue weighted by Gasteiger charge is 2.37. The van der Waals surface area contributed by atoms with Gasteiger partial charge in [0.1, 0.15) is 0 Å². The number of hydrogen-bond acceptors (Lipinski definition) is 4. The zero-order valence-electron chi connectivity index (χ0n) is 19.2. The predicted molar refractivity (Wildman–Crippen MR) is 123 cm³/mol. The van der Waals surface area contributed by atoms with Crippen molar-refractivity contribution < 1.29 is 19.1 Å². The minimum absolute atomic E-state index is 0.190. The smallest absolute Gasteiger partial charge is 0.404 e. The number of nitrogens with two attached hydrogens (primary N) is 1. The van der Waals surface area contributed by atoms with Gasteiger partial charge in [-0.25, -0.2) is 4.79 Å². The van der Waals surface area contributed by atoms with Crippen LogP contribution in [0.3, 0.4) is 0 Å². The Morgan fingerprint density at radius 1 is 1.33 bits per heavy atom. The summed E-state index contributed by atoms with van der Waals surface area (Å²) < 4.78 is 6.28. The number of nitrogens with one attached hydrogen (secondary N) is 1. The summed E-state index contributed by atoms with van der Waals surface area (Å²) in [6, 6.07) is 3.64. The number of nitrogens with zero attached hydrogens (tertiary/aromatic N) is 1. The Morgan fingerprint density at radius 3 is 2.57 bits per heavy atom. The third-order valence-corrected chi connectivity index (χ3v) is 10.8. The SMILES string of the molecule is CC(Cc1cc2c(c(C(N)=O)c1)N(CCCO[Si](C)(C)C(C)(C)C)CC2)NC(=O)O. The van der Waals surface area contributed by atoms with Crippen LogP contribution >= 0.6 is 0 Å². The minimum atomic E-state index is -1.76. The van der Waals surface area contributed by atoms with Gasteiger partial charge in [-0.2, -0.15) is 0 Å². The molecule has 0 spiro atoms. The molecule has 2 amide bonds. The molecule has 0 saturated carbocycles. The molecule has 0 bridgehead atoms. The Bertz CT molecular complexity index is 789. The third kappa shape index (κ3) is 5.98. The number of benzene rings is 1. The van der Waals surface area contributed by atoms with Crippen LogP contribution in [-0.2, 0) is 17.3 Å². The molecule has 1 aliphatic heterocycles. The molecule has 1 aromatic rings. The maximum atomic E-state index is 12.2. The Hall–Kier alpha value is -2.06. The Balaban J connectivity index is 2.08. The first-order chi connectivity index (χ1) is 13.8. The number of carbonyl (C=O) groups is 2. The van der Waals surface area contributed by atoms with E-state index in [4.69, 9.17) is 15.3 Å². The number of rotatable bonds is 9. The molecule has 1 aliphatic rings. The van der Waals surface area contributed by atoms with Crippen molar-refractivity contribution in [1.82, 2.24) is 5.32 Å². The van der Waals surface area contributed by atoms with E-state index in [1.165, 1.54) is 0 Å². The fraction of sp³-hybridized carbons (Fsp3) is 0.636. The highest BCUT2D eigenvalue weighted by molar-refractivity contribution is 6.74. The number of carboxylic acid groups (broad SMARTS) is 1. The van der Waals surface area contributed by atoms with E-state index in [2.05, 4.69) is 50.1 Å². The molecule has 0 radical (unpaired) electrons. The lowest BCUT2D eigenvalue weighted by atomic mass is 9.98. The van der Waals surface area contributed by atoms with Crippen molar-refractivity contribution in [3.05, 3.63) is 28.8 Å². The molecule has 0 aromatic heterocycles. The maximum Gasteiger partial charge on any atom is 0.404 e. The van der Waals surface area contributed by atoms with Crippen LogP contribution in [0.1, 0.15) is 55.6 Å². The van der Waals surface area contributed by atoms with Crippen molar-refractivity contribution in [3.63, 3.8) is 0 Å². The van der Waals surface area contributed by atoms with E-state index in [1.54, 1.807) is 6.92 Å². The van der Waals surface area contributed by atoms with Crippen LogP contribution in [0.25, 0.3) is 0 Å². The van der Waals surface area contributed by atoms with Gasteiger partial charge in [-0.15, -0.1) is 0 Å². The van der Waals surface area contributed by atoms with Gasteiger partial charge in [-0.1, -0.05) is 26.8 Å². The third-order valence-electron chi connectivity index (χ3n) is 6.23. The number of hydrogen-bond donors (Lipinski definition) is 3. The summed E-state index contributed by atoms with van der Waals surface area (Å²) in [6.07, 6.45) is 1.21. The molecule has 1 unspecified atom stereocenters. The van der Waals surface area contributed by atoms with Crippen molar-refractivity contribution >= 4 is 26.0 Å². The first kappa shape index (κ1) is 24.2. The van der Waals surface area contributed by atoms with Crippen LogP contribution in [-0.4, -0.2) is 51.2 Å². The Kier molecular flexibility index (Phi) is 7.57. The van der Waals surface area contributed by atoms with Crippen molar-refractivity contribution in [2.75, 3.05) is 24.6 Å². The van der Waals surface area contributed by atoms with Gasteiger partial charge in [0.15, 0.2) is 8.32 Å². The number of primary amides is 1. The first-order valence-corrected chi connectivity index (χ1v) is 13.6. The van der Waals surface area contributed by atoms with Crippen molar-refractivity contribution in [1.29, 1.82) is 0 Å². The standard InChI is InChI=1S/C22H37N3O4Si/c1-15(24-21(27)28)12-16-13-17-8-10-25(19(17)18(14-16)20(23)26)9-7-11-29-30(5,6)22(2,3)4/h13-15,24H,7-12H2,1-6H3,(H2,23,26)(H,27,28). The van der Waals surface area contributed by atoms with E-state index >= 15 is 0 Å². The zero-order valence-corrected chi connectivity index (χ0v) is 20.2. The topological polar surface area (TPSA) is 105 Å². The summed E-state index contributed by atoms with van der Waals surface area (Å²) >= 11 is 0. The van der Waals surface area contributed by atoms with Gasteiger partial charge in [-0.3, -0.25) is 4.79 Å². The summed E-state index contributed by atoms with van der Waals surface area (Å²) in [5.41, 5.74) is 9.17. The largest absolute Gasteiger partial charge is 0.465 e. The van der Waals surface area contributed by atoms with Crippen molar-refractivity contribution in [2.45, 2.75) is 71.1 Å². The number of anilines is 1. The molecule has 168 valence electrons. The van der Waals surface area contributed by atoms with E-state index in [0.717, 1.165) is 42.7 Å². The Labute approximate surface area is 181 Å². The fourth-order valence-corrected chi connectivity index (χ4v) is 4.72. The van der Waals surface area contributed by atoms with Crippen LogP contribution in [0, 0.1) is 0 Å². The van der Waals surface area contributed by atoms with Gasteiger partial charge in [0.2, 0.25) is 0 Å². The number of carbonyl (C=O) groups excluding carboxylic acids is 1. The highest BCUT2D eigenvalue weighted by atomic mass is 28.4. The molecule has 2 rings (SSSR count). The summed E-state index contributed by atoms with van der Waals surface area (Å²) in [6.45, 7) is 15.4. The molecule has 1 heterocycles. The lowest BCUT2D eigenvalue weighted by Gasteiger charge is -2.36. The first-order valence-electron chi connectivity index (χ1n) is 10.7. The second kappa shape index (κ2) is 9.39. The predicted octanol–water partition coefficient (Wildman–Crippen LogP) is 3.76. The van der Waals surface area contributed by atoms with E-state index in [-0.39, 0.29) is 11.1 Å². The summed E-state index contributed by atoms with van der Waals surface area (Å²) in [7, 11) is -1.76. The number of fused-ring (bicyclic) bond motifs is 1. The van der Waals surface area contributed by atoms with Gasteiger partial charge in [0.25, 0.3) is 5.91 Å². The van der Waals surface area contributed by atoms with Crippen molar-refractivity contribution in [3.8, 4) is 0 Å². The minimum Gasteiger partial charge on any atom is -0.465 e. The summed E-state index contributed by atoms with van der Waals surface area (Å²) in [4.78, 5) is 25.2. The van der Waals surface area contributed by atoms with Crippen LogP contribution in [0.4, 0.5) is 10.5 Å². The average molecular weight is 436 g/mol. The van der Waals surface area contributed by atoms with Crippen molar-refractivity contribution in [2.24, 2.45) is 5.73 Å². The lowest BCUT2D eigenvalue weighted by molar-refractivity contribution is 0.100. The van der Waals surface area contributed by atoms with E-state index in [9.17, 15) is 9.59 Å². The molecule has 7 nitrogen and oxygen atoms in total. The molecule has 8 heteroatoms. The second-order valence-electron chi connectivity index (χ2n) is 9.77. The van der Waals surface area contributed by atoms with Gasteiger partial charge < -0.3 is 25.5 Å². The van der Waals surface area contributed by atoms with Gasteiger partial charge in [0.05, 0.1) is 11.3 Å². The molecule has 0 aliphatic carbocycles. The fourth-order valence-electron chi connectivity index (χ4n) is 3.64. The Morgan fingerprint density at radius 2 is 2.00 bits per heavy atom. The monoisotopic (exact) mass is 435 g/mol. The van der Waals surface area contributed by atoms with E-state index in [0.29, 0.717) is 18.6 Å². The van der Waals surface area contributed by atoms with Crippen LogP contribution in [0.5, 0.6) is 0 Å². The molecule has 0 saturated heterocycles. The quantitative estimate of drug-likeness (QED) is 0.405. The van der Waals surface area contributed by atoms with Gasteiger partial charge in [0, 0.05) is 25.7 Å². The zero-order chi connectivity index (χ0) is 22.7. The normalized spacial score (nSPS) is 15.1. The second-order valence-corrected chi connectivity index (χ2v) is 14.6. The highest BCUT2D eigenvalue weighted by Crippen LogP contribution is 2.37.